The number of aliphatic hydroxyl groups excluding tert-OH is 1. The minimum absolute atomic E-state index is 0.621. The number of benzene rings is 1. The van der Waals surface area contributed by atoms with E-state index in [9.17, 15) is 5.11 Å². The molecule has 0 radical (unpaired) electrons. The molecule has 2 rings (SSSR count). The second-order valence-electron chi connectivity index (χ2n) is 3.21. The van der Waals surface area contributed by atoms with Gasteiger partial charge in [0.2, 0.25) is 0 Å². The van der Waals surface area contributed by atoms with Crippen molar-refractivity contribution in [2.75, 3.05) is 0 Å². The van der Waals surface area contributed by atoms with Crippen molar-refractivity contribution in [2.45, 2.75) is 6.10 Å². The summed E-state index contributed by atoms with van der Waals surface area (Å²) in [6, 6.07) is 7.53. The van der Waals surface area contributed by atoms with Crippen molar-refractivity contribution in [2.24, 2.45) is 0 Å². The number of halogens is 3. The quantitative estimate of drug-likeness (QED) is 0.677. The van der Waals surface area contributed by atoms with Crippen LogP contribution in [0.3, 0.4) is 0 Å². The number of aliphatic hydroxyl groups is 1. The fraction of sp³-hybridized carbons (Fsp3) is 0.0909. The lowest BCUT2D eigenvalue weighted by molar-refractivity contribution is 0.223. The normalized spacial score (nSPS) is 12.8. The van der Waals surface area contributed by atoms with Crippen LogP contribution in [-0.2, 0) is 0 Å². The monoisotopic (exact) mass is 428 g/mol. The Balaban J connectivity index is 2.38. The van der Waals surface area contributed by atoms with E-state index >= 15 is 0 Å². The Bertz CT molecular complexity index is 514. The van der Waals surface area contributed by atoms with Gasteiger partial charge < -0.3 is 5.11 Å². The summed E-state index contributed by atoms with van der Waals surface area (Å²) in [7, 11) is 0. The fourth-order valence-electron chi connectivity index (χ4n) is 1.33. The first-order chi connectivity index (χ1) is 7.59. The van der Waals surface area contributed by atoms with Crippen LogP contribution in [0.2, 0.25) is 5.02 Å². The fourth-order valence-corrected chi connectivity index (χ4v) is 3.46. The first kappa shape index (κ1) is 12.8. The van der Waals surface area contributed by atoms with Crippen molar-refractivity contribution in [1.29, 1.82) is 0 Å². The summed E-state index contributed by atoms with van der Waals surface area (Å²) < 4.78 is 1.92. The molecule has 1 aromatic heterocycles. The van der Waals surface area contributed by atoms with Crippen LogP contribution in [0.5, 0.6) is 0 Å². The Morgan fingerprint density at radius 3 is 2.69 bits per heavy atom. The molecule has 0 amide bonds. The molecule has 0 aliphatic rings. The lowest BCUT2D eigenvalue weighted by atomic mass is 10.1. The van der Waals surface area contributed by atoms with E-state index in [0.29, 0.717) is 5.02 Å². The zero-order valence-corrected chi connectivity index (χ0v) is 13.3. The molecule has 1 N–H and O–H groups in total. The van der Waals surface area contributed by atoms with Gasteiger partial charge >= 0.3 is 0 Å². The van der Waals surface area contributed by atoms with Crippen LogP contribution in [-0.4, -0.2) is 5.11 Å². The first-order valence-electron chi connectivity index (χ1n) is 4.45. The van der Waals surface area contributed by atoms with Crippen molar-refractivity contribution >= 4 is 61.5 Å². The molecular weight excluding hydrogens is 422 g/mol. The number of thiophene rings is 1. The maximum atomic E-state index is 10.2. The maximum absolute atomic E-state index is 10.2. The molecule has 16 heavy (non-hydrogen) atoms. The Labute approximate surface area is 125 Å². The van der Waals surface area contributed by atoms with Crippen LogP contribution < -0.4 is 0 Å². The van der Waals surface area contributed by atoms with Crippen LogP contribution in [0.1, 0.15) is 16.5 Å². The smallest absolute Gasteiger partial charge is 0.114 e. The highest BCUT2D eigenvalue weighted by Crippen LogP contribution is 2.34. The van der Waals surface area contributed by atoms with E-state index in [-0.39, 0.29) is 0 Å². The summed E-state index contributed by atoms with van der Waals surface area (Å²) in [5, 5.41) is 12.8. The largest absolute Gasteiger partial charge is 0.383 e. The summed E-state index contributed by atoms with van der Waals surface area (Å²) in [6.45, 7) is 0. The summed E-state index contributed by atoms with van der Waals surface area (Å²) in [5.74, 6) is 0. The minimum Gasteiger partial charge on any atom is -0.383 e. The van der Waals surface area contributed by atoms with Gasteiger partial charge in [-0.2, -0.15) is 0 Å². The van der Waals surface area contributed by atoms with E-state index in [0.717, 1.165) is 18.5 Å². The van der Waals surface area contributed by atoms with Gasteiger partial charge in [-0.15, -0.1) is 11.3 Å². The van der Waals surface area contributed by atoms with E-state index in [1.54, 1.807) is 6.07 Å². The summed E-state index contributed by atoms with van der Waals surface area (Å²) >= 11 is 13.1. The van der Waals surface area contributed by atoms with Crippen molar-refractivity contribution < 1.29 is 5.11 Å². The van der Waals surface area contributed by atoms with E-state index in [4.69, 9.17) is 11.6 Å². The molecule has 0 aliphatic carbocycles. The van der Waals surface area contributed by atoms with Gasteiger partial charge in [-0.05, 0) is 67.7 Å². The third kappa shape index (κ3) is 2.61. The standard InChI is InChI=1S/C11H7BrClIOS/c12-7-3-4-16-11(7)10(15)6-1-2-9(14)8(13)5-6/h1-5,10,15H. The van der Waals surface area contributed by atoms with E-state index < -0.39 is 6.10 Å². The summed E-state index contributed by atoms with van der Waals surface area (Å²) in [4.78, 5) is 0.900. The Morgan fingerprint density at radius 2 is 2.12 bits per heavy atom. The van der Waals surface area contributed by atoms with Gasteiger partial charge in [-0.25, -0.2) is 0 Å². The predicted octanol–water partition coefficient (Wildman–Crippen LogP) is 4.85. The third-order valence-corrected chi connectivity index (χ3v) is 5.65. The zero-order valence-electron chi connectivity index (χ0n) is 7.95. The van der Waals surface area contributed by atoms with Crippen LogP contribution in [0.25, 0.3) is 0 Å². The van der Waals surface area contributed by atoms with E-state index in [2.05, 4.69) is 38.5 Å². The molecule has 5 heteroatoms. The van der Waals surface area contributed by atoms with Crippen LogP contribution in [0.4, 0.5) is 0 Å². The van der Waals surface area contributed by atoms with Gasteiger partial charge in [0, 0.05) is 8.04 Å². The number of rotatable bonds is 2. The van der Waals surface area contributed by atoms with Gasteiger partial charge in [-0.3, -0.25) is 0 Å². The molecule has 1 unspecified atom stereocenters. The number of hydrogen-bond donors (Lipinski definition) is 1. The van der Waals surface area contributed by atoms with E-state index in [1.807, 2.05) is 23.6 Å². The molecule has 0 saturated heterocycles. The van der Waals surface area contributed by atoms with Crippen LogP contribution in [0, 0.1) is 3.57 Å². The molecule has 0 fully saturated rings. The molecule has 1 nitrogen and oxygen atoms in total. The molecular formula is C11H7BrClIOS. The van der Waals surface area contributed by atoms with Crippen LogP contribution in [0.15, 0.2) is 34.1 Å². The predicted molar refractivity (Wildman–Crippen MR) is 80.2 cm³/mol. The molecule has 0 spiro atoms. The zero-order chi connectivity index (χ0) is 11.7. The molecule has 0 saturated carbocycles. The van der Waals surface area contributed by atoms with Gasteiger partial charge in [0.05, 0.1) is 9.90 Å². The lowest BCUT2D eigenvalue weighted by Crippen LogP contribution is -1.98. The minimum atomic E-state index is -0.621. The molecule has 84 valence electrons. The first-order valence-corrected chi connectivity index (χ1v) is 7.58. The Hall–Kier alpha value is 0.380. The van der Waals surface area contributed by atoms with Crippen molar-refractivity contribution in [3.8, 4) is 0 Å². The van der Waals surface area contributed by atoms with Gasteiger partial charge in [-0.1, -0.05) is 17.7 Å². The highest BCUT2D eigenvalue weighted by Gasteiger charge is 2.15. The highest BCUT2D eigenvalue weighted by molar-refractivity contribution is 14.1. The van der Waals surface area contributed by atoms with Gasteiger partial charge in [0.15, 0.2) is 0 Å². The SMILES string of the molecule is OC(c1ccc(I)c(Cl)c1)c1sccc1Br. The van der Waals surface area contributed by atoms with Crippen molar-refractivity contribution in [3.05, 3.63) is 53.2 Å². The maximum Gasteiger partial charge on any atom is 0.114 e. The average Bonchev–Trinajstić information content (AvgIpc) is 2.67. The molecule has 1 atom stereocenters. The lowest BCUT2D eigenvalue weighted by Gasteiger charge is -2.10. The number of hydrogen-bond acceptors (Lipinski definition) is 2. The average molecular weight is 430 g/mol. The Kier molecular flexibility index (Phi) is 4.29. The Morgan fingerprint density at radius 1 is 1.38 bits per heavy atom. The summed E-state index contributed by atoms with van der Waals surface area (Å²) in [5.41, 5.74) is 0.813. The molecule has 0 aliphatic heterocycles. The second kappa shape index (κ2) is 5.35. The highest BCUT2D eigenvalue weighted by atomic mass is 127. The second-order valence-corrected chi connectivity index (χ2v) is 6.58. The van der Waals surface area contributed by atoms with Crippen molar-refractivity contribution in [3.63, 3.8) is 0 Å². The molecule has 1 aromatic carbocycles. The van der Waals surface area contributed by atoms with E-state index in [1.165, 1.54) is 11.3 Å². The van der Waals surface area contributed by atoms with Crippen molar-refractivity contribution in [1.82, 2.24) is 0 Å². The van der Waals surface area contributed by atoms with Gasteiger partial charge in [0.1, 0.15) is 6.10 Å². The molecule has 0 bridgehead atoms. The molecule has 2 aromatic rings. The topological polar surface area (TPSA) is 20.2 Å². The summed E-state index contributed by atoms with van der Waals surface area (Å²) in [6.07, 6.45) is -0.621. The molecule has 1 heterocycles. The third-order valence-electron chi connectivity index (χ3n) is 2.15. The van der Waals surface area contributed by atoms with Gasteiger partial charge in [0.25, 0.3) is 0 Å². The van der Waals surface area contributed by atoms with Crippen LogP contribution >= 0.6 is 61.5 Å².